The standard InChI is InChI=1S/C18H14N4OS/c1-10-2-3-11(6-14(10)22-9-23)12-4-5-13-15(7-12)24-17-16(13)20-8-21-18(17)19/h2-9H,1H3,(H,22,23)(H2,19,20,21). The fraction of sp³-hybridized carbons (Fsp3) is 0.0556. The number of benzene rings is 2. The second-order valence-electron chi connectivity index (χ2n) is 5.54. The number of thiophene rings is 1. The largest absolute Gasteiger partial charge is 0.382 e. The van der Waals surface area contributed by atoms with Gasteiger partial charge in [0.1, 0.15) is 12.1 Å². The molecule has 0 fully saturated rings. The molecule has 118 valence electrons. The van der Waals surface area contributed by atoms with Crippen molar-refractivity contribution >= 4 is 49.6 Å². The minimum absolute atomic E-state index is 0.510. The highest BCUT2D eigenvalue weighted by Gasteiger charge is 2.11. The minimum atomic E-state index is 0.510. The molecule has 4 rings (SSSR count). The van der Waals surface area contributed by atoms with Crippen LogP contribution in [0.15, 0.2) is 42.7 Å². The van der Waals surface area contributed by atoms with Gasteiger partial charge in [-0.1, -0.05) is 24.3 Å². The van der Waals surface area contributed by atoms with Crippen molar-refractivity contribution in [2.75, 3.05) is 11.1 Å². The Morgan fingerprint density at radius 3 is 2.75 bits per heavy atom. The molecule has 1 amide bonds. The Morgan fingerprint density at radius 2 is 1.92 bits per heavy atom. The van der Waals surface area contributed by atoms with E-state index in [0.717, 1.165) is 42.7 Å². The number of fused-ring (bicyclic) bond motifs is 3. The summed E-state index contributed by atoms with van der Waals surface area (Å²) in [5.74, 6) is 0.510. The molecule has 0 atom stereocenters. The highest BCUT2D eigenvalue weighted by molar-refractivity contribution is 7.26. The molecule has 0 aliphatic rings. The van der Waals surface area contributed by atoms with Crippen molar-refractivity contribution in [2.24, 2.45) is 0 Å². The van der Waals surface area contributed by atoms with E-state index in [9.17, 15) is 4.79 Å². The maximum Gasteiger partial charge on any atom is 0.211 e. The predicted molar refractivity (Wildman–Crippen MR) is 99.2 cm³/mol. The van der Waals surface area contributed by atoms with E-state index in [1.807, 2.05) is 25.1 Å². The van der Waals surface area contributed by atoms with Gasteiger partial charge < -0.3 is 11.1 Å². The number of hydrogen-bond acceptors (Lipinski definition) is 5. The highest BCUT2D eigenvalue weighted by Crippen LogP contribution is 2.37. The number of carbonyl (C=O) groups excluding carboxylic acids is 1. The van der Waals surface area contributed by atoms with E-state index in [1.54, 1.807) is 11.3 Å². The Labute approximate surface area is 142 Å². The molecule has 0 spiro atoms. The van der Waals surface area contributed by atoms with Crippen LogP contribution in [0.3, 0.4) is 0 Å². The summed E-state index contributed by atoms with van der Waals surface area (Å²) in [6, 6.07) is 12.3. The Morgan fingerprint density at radius 1 is 1.12 bits per heavy atom. The van der Waals surface area contributed by atoms with E-state index in [4.69, 9.17) is 5.73 Å². The van der Waals surface area contributed by atoms with E-state index < -0.39 is 0 Å². The van der Waals surface area contributed by atoms with E-state index in [-0.39, 0.29) is 0 Å². The summed E-state index contributed by atoms with van der Waals surface area (Å²) in [7, 11) is 0. The monoisotopic (exact) mass is 334 g/mol. The third-order valence-corrected chi connectivity index (χ3v) is 5.23. The van der Waals surface area contributed by atoms with Gasteiger partial charge in [0.2, 0.25) is 6.41 Å². The Bertz CT molecular complexity index is 1090. The molecule has 5 nitrogen and oxygen atoms in total. The number of aromatic nitrogens is 2. The van der Waals surface area contributed by atoms with Crippen LogP contribution < -0.4 is 11.1 Å². The molecule has 4 aromatic rings. The van der Waals surface area contributed by atoms with Crippen LogP contribution in [-0.2, 0) is 4.79 Å². The SMILES string of the molecule is Cc1ccc(-c2ccc3c(c2)sc2c(N)ncnc23)cc1NC=O. The normalized spacial score (nSPS) is 11.0. The zero-order valence-corrected chi connectivity index (χ0v) is 13.7. The molecular weight excluding hydrogens is 320 g/mol. The zero-order chi connectivity index (χ0) is 16.7. The van der Waals surface area contributed by atoms with Crippen molar-refractivity contribution in [2.45, 2.75) is 6.92 Å². The van der Waals surface area contributed by atoms with Crippen LogP contribution in [-0.4, -0.2) is 16.4 Å². The molecule has 0 unspecified atom stereocenters. The molecule has 0 saturated heterocycles. The van der Waals surface area contributed by atoms with E-state index in [2.05, 4.69) is 33.5 Å². The lowest BCUT2D eigenvalue weighted by Gasteiger charge is -2.08. The number of carbonyl (C=O) groups is 1. The molecule has 3 N–H and O–H groups in total. The highest BCUT2D eigenvalue weighted by atomic mass is 32.1. The Balaban J connectivity index is 1.89. The first-order valence-electron chi connectivity index (χ1n) is 7.41. The molecule has 0 aliphatic heterocycles. The van der Waals surface area contributed by atoms with Crippen molar-refractivity contribution in [1.29, 1.82) is 0 Å². The van der Waals surface area contributed by atoms with Crippen molar-refractivity contribution in [3.63, 3.8) is 0 Å². The van der Waals surface area contributed by atoms with Gasteiger partial charge in [0.15, 0.2) is 0 Å². The molecule has 2 aromatic carbocycles. The third-order valence-electron chi connectivity index (χ3n) is 4.07. The third kappa shape index (κ3) is 2.28. The van der Waals surface area contributed by atoms with E-state index in [1.165, 1.54) is 6.33 Å². The molecular formula is C18H14N4OS. The topological polar surface area (TPSA) is 80.9 Å². The van der Waals surface area contributed by atoms with Crippen molar-refractivity contribution < 1.29 is 4.79 Å². The second-order valence-corrected chi connectivity index (χ2v) is 6.59. The van der Waals surface area contributed by atoms with Crippen LogP contribution in [0, 0.1) is 6.92 Å². The molecule has 0 radical (unpaired) electrons. The summed E-state index contributed by atoms with van der Waals surface area (Å²) >= 11 is 1.59. The van der Waals surface area contributed by atoms with Gasteiger partial charge in [0.25, 0.3) is 0 Å². The number of anilines is 2. The van der Waals surface area contributed by atoms with Crippen LogP contribution in [0.2, 0.25) is 0 Å². The minimum Gasteiger partial charge on any atom is -0.382 e. The number of nitrogens with zero attached hydrogens (tertiary/aromatic N) is 2. The smallest absolute Gasteiger partial charge is 0.211 e. The maximum absolute atomic E-state index is 10.7. The fourth-order valence-corrected chi connectivity index (χ4v) is 3.89. The molecule has 24 heavy (non-hydrogen) atoms. The average molecular weight is 334 g/mol. The van der Waals surface area contributed by atoms with Crippen molar-refractivity contribution in [3.05, 3.63) is 48.3 Å². The lowest BCUT2D eigenvalue weighted by Crippen LogP contribution is -1.96. The predicted octanol–water partition coefficient (Wildman–Crippen LogP) is 3.97. The summed E-state index contributed by atoms with van der Waals surface area (Å²) in [5, 5.41) is 3.81. The number of nitrogens with two attached hydrogens (primary N) is 1. The van der Waals surface area contributed by atoms with Crippen LogP contribution in [0.1, 0.15) is 5.56 Å². The van der Waals surface area contributed by atoms with E-state index in [0.29, 0.717) is 12.2 Å². The van der Waals surface area contributed by atoms with Crippen molar-refractivity contribution in [3.8, 4) is 11.1 Å². The summed E-state index contributed by atoms with van der Waals surface area (Å²) in [5.41, 5.74) is 10.8. The van der Waals surface area contributed by atoms with Gasteiger partial charge in [-0.05, 0) is 35.7 Å². The summed E-state index contributed by atoms with van der Waals surface area (Å²) < 4.78 is 2.03. The van der Waals surface area contributed by atoms with Gasteiger partial charge in [0.05, 0.1) is 10.2 Å². The van der Waals surface area contributed by atoms with E-state index >= 15 is 0 Å². The molecule has 0 bridgehead atoms. The van der Waals surface area contributed by atoms with Gasteiger partial charge in [-0.25, -0.2) is 9.97 Å². The molecule has 0 saturated carbocycles. The van der Waals surface area contributed by atoms with Crippen LogP contribution >= 0.6 is 11.3 Å². The summed E-state index contributed by atoms with van der Waals surface area (Å²) in [6.07, 6.45) is 2.19. The first-order chi connectivity index (χ1) is 11.7. The molecule has 2 heterocycles. The number of rotatable bonds is 3. The van der Waals surface area contributed by atoms with Gasteiger partial charge in [0, 0.05) is 15.8 Å². The Hall–Kier alpha value is -2.99. The van der Waals surface area contributed by atoms with Crippen LogP contribution in [0.5, 0.6) is 0 Å². The van der Waals surface area contributed by atoms with Gasteiger partial charge >= 0.3 is 0 Å². The number of hydrogen-bond donors (Lipinski definition) is 2. The van der Waals surface area contributed by atoms with Crippen LogP contribution in [0.4, 0.5) is 11.5 Å². The Kier molecular flexibility index (Phi) is 3.39. The lowest BCUT2D eigenvalue weighted by molar-refractivity contribution is -0.105. The van der Waals surface area contributed by atoms with Gasteiger partial charge in [-0.15, -0.1) is 11.3 Å². The number of aryl methyl sites for hydroxylation is 1. The van der Waals surface area contributed by atoms with Crippen LogP contribution in [0.25, 0.3) is 31.4 Å². The summed E-state index contributed by atoms with van der Waals surface area (Å²) in [6.45, 7) is 1.96. The maximum atomic E-state index is 10.7. The molecule has 6 heteroatoms. The number of nitrogens with one attached hydrogen (secondary N) is 1. The number of nitrogen functional groups attached to an aromatic ring is 1. The fourth-order valence-electron chi connectivity index (χ4n) is 2.79. The summed E-state index contributed by atoms with van der Waals surface area (Å²) in [4.78, 5) is 19.2. The second kappa shape index (κ2) is 5.58. The quantitative estimate of drug-likeness (QED) is 0.556. The van der Waals surface area contributed by atoms with Gasteiger partial charge in [-0.2, -0.15) is 0 Å². The average Bonchev–Trinajstić information content (AvgIpc) is 2.96. The zero-order valence-electron chi connectivity index (χ0n) is 12.9. The lowest BCUT2D eigenvalue weighted by atomic mass is 10.0. The number of amides is 1. The van der Waals surface area contributed by atoms with Crippen molar-refractivity contribution in [1.82, 2.24) is 9.97 Å². The molecule has 0 aliphatic carbocycles. The molecule has 2 aromatic heterocycles. The van der Waals surface area contributed by atoms with Gasteiger partial charge in [-0.3, -0.25) is 4.79 Å². The first kappa shape index (κ1) is 14.6. The first-order valence-corrected chi connectivity index (χ1v) is 8.23.